The van der Waals surface area contributed by atoms with Gasteiger partial charge in [0.1, 0.15) is 11.8 Å². The van der Waals surface area contributed by atoms with Crippen LogP contribution in [0.2, 0.25) is 0 Å². The summed E-state index contributed by atoms with van der Waals surface area (Å²) in [4.78, 5) is 27.8. The molecule has 0 saturated carbocycles. The van der Waals surface area contributed by atoms with Gasteiger partial charge in [0.05, 0.1) is 0 Å². The first-order valence-corrected chi connectivity index (χ1v) is 10.7. The van der Waals surface area contributed by atoms with Crippen LogP contribution in [-0.4, -0.2) is 35.4 Å². The van der Waals surface area contributed by atoms with Gasteiger partial charge in [0.2, 0.25) is 5.91 Å². The summed E-state index contributed by atoms with van der Waals surface area (Å²) >= 11 is 0. The van der Waals surface area contributed by atoms with Gasteiger partial charge < -0.3 is 15.0 Å². The normalized spacial score (nSPS) is 12.7. The van der Waals surface area contributed by atoms with E-state index < -0.39 is 6.04 Å². The van der Waals surface area contributed by atoms with Crippen molar-refractivity contribution >= 4 is 11.8 Å². The van der Waals surface area contributed by atoms with Crippen LogP contribution < -0.4 is 10.1 Å². The SMILES string of the molecule is CC[C@@H](C)NC(=O)[C@@H](CC)N(Cc1ccccc1C)C(=O)COc1ccccc1C. The van der Waals surface area contributed by atoms with E-state index in [0.29, 0.717) is 18.7 Å². The van der Waals surface area contributed by atoms with Gasteiger partial charge in [-0.2, -0.15) is 0 Å². The van der Waals surface area contributed by atoms with E-state index >= 15 is 0 Å². The van der Waals surface area contributed by atoms with Crippen LogP contribution in [0.15, 0.2) is 48.5 Å². The van der Waals surface area contributed by atoms with Crippen molar-refractivity contribution in [2.75, 3.05) is 6.61 Å². The fourth-order valence-electron chi connectivity index (χ4n) is 3.27. The summed E-state index contributed by atoms with van der Waals surface area (Å²) < 4.78 is 5.80. The maximum absolute atomic E-state index is 13.2. The van der Waals surface area contributed by atoms with Crippen molar-refractivity contribution in [1.82, 2.24) is 10.2 Å². The molecule has 1 N–H and O–H groups in total. The van der Waals surface area contributed by atoms with E-state index in [1.807, 2.05) is 83.1 Å². The molecule has 0 saturated heterocycles. The largest absolute Gasteiger partial charge is 0.484 e. The molecule has 0 spiro atoms. The van der Waals surface area contributed by atoms with E-state index in [-0.39, 0.29) is 24.5 Å². The van der Waals surface area contributed by atoms with Gasteiger partial charge in [-0.1, -0.05) is 56.3 Å². The fourth-order valence-corrected chi connectivity index (χ4v) is 3.27. The smallest absolute Gasteiger partial charge is 0.261 e. The molecule has 2 aromatic rings. The average molecular weight is 411 g/mol. The lowest BCUT2D eigenvalue weighted by Crippen LogP contribution is -2.51. The quantitative estimate of drug-likeness (QED) is 0.631. The molecule has 0 fully saturated rings. The molecule has 0 aliphatic rings. The van der Waals surface area contributed by atoms with Gasteiger partial charge in [-0.25, -0.2) is 0 Å². The van der Waals surface area contributed by atoms with Crippen molar-refractivity contribution in [3.63, 3.8) is 0 Å². The van der Waals surface area contributed by atoms with Crippen molar-refractivity contribution in [3.8, 4) is 5.75 Å². The van der Waals surface area contributed by atoms with Crippen LogP contribution in [0.1, 0.15) is 50.3 Å². The van der Waals surface area contributed by atoms with Crippen LogP contribution >= 0.6 is 0 Å². The zero-order valence-corrected chi connectivity index (χ0v) is 18.8. The topological polar surface area (TPSA) is 58.6 Å². The molecule has 2 amide bonds. The summed E-state index contributed by atoms with van der Waals surface area (Å²) in [5.74, 6) is 0.358. The lowest BCUT2D eigenvalue weighted by Gasteiger charge is -2.31. The maximum Gasteiger partial charge on any atom is 0.261 e. The highest BCUT2D eigenvalue weighted by molar-refractivity contribution is 5.88. The van der Waals surface area contributed by atoms with Crippen LogP contribution in [-0.2, 0) is 16.1 Å². The summed E-state index contributed by atoms with van der Waals surface area (Å²) in [6, 6.07) is 15.1. The van der Waals surface area contributed by atoms with Gasteiger partial charge in [-0.3, -0.25) is 9.59 Å². The Bertz CT molecular complexity index is 850. The first-order valence-electron chi connectivity index (χ1n) is 10.7. The van der Waals surface area contributed by atoms with Crippen LogP contribution in [0.25, 0.3) is 0 Å². The Hall–Kier alpha value is -2.82. The number of nitrogens with zero attached hydrogens (tertiary/aromatic N) is 1. The summed E-state index contributed by atoms with van der Waals surface area (Å²) in [5, 5.41) is 3.03. The van der Waals surface area contributed by atoms with E-state index in [2.05, 4.69) is 5.32 Å². The molecule has 2 atom stereocenters. The summed E-state index contributed by atoms with van der Waals surface area (Å²) in [6.45, 7) is 10.2. The molecule has 0 heterocycles. The number of carbonyl (C=O) groups is 2. The van der Waals surface area contributed by atoms with Gasteiger partial charge in [0, 0.05) is 12.6 Å². The van der Waals surface area contributed by atoms with Gasteiger partial charge >= 0.3 is 0 Å². The van der Waals surface area contributed by atoms with Crippen LogP contribution in [0.3, 0.4) is 0 Å². The van der Waals surface area contributed by atoms with Crippen LogP contribution in [0.4, 0.5) is 0 Å². The molecule has 0 aliphatic carbocycles. The number of carbonyl (C=O) groups excluding carboxylic acids is 2. The molecule has 2 aromatic carbocycles. The second kappa shape index (κ2) is 11.4. The molecule has 0 radical (unpaired) electrons. The fraction of sp³-hybridized carbons (Fsp3) is 0.440. The third kappa shape index (κ3) is 6.34. The Morgan fingerprint density at radius 1 is 0.967 bits per heavy atom. The molecule has 5 heteroatoms. The van der Waals surface area contributed by atoms with E-state index in [1.165, 1.54) is 0 Å². The Morgan fingerprint density at radius 3 is 2.20 bits per heavy atom. The maximum atomic E-state index is 13.2. The predicted molar refractivity (Wildman–Crippen MR) is 120 cm³/mol. The molecule has 0 aromatic heterocycles. The number of ether oxygens (including phenoxy) is 1. The minimum absolute atomic E-state index is 0.0604. The Balaban J connectivity index is 2.24. The molecule has 0 aliphatic heterocycles. The monoisotopic (exact) mass is 410 g/mol. The van der Waals surface area contributed by atoms with E-state index in [0.717, 1.165) is 23.1 Å². The molecule has 0 bridgehead atoms. The second-order valence-electron chi connectivity index (χ2n) is 7.74. The highest BCUT2D eigenvalue weighted by Crippen LogP contribution is 2.19. The zero-order valence-electron chi connectivity index (χ0n) is 18.8. The third-order valence-corrected chi connectivity index (χ3v) is 5.43. The van der Waals surface area contributed by atoms with Gasteiger partial charge in [0.25, 0.3) is 5.91 Å². The van der Waals surface area contributed by atoms with Gasteiger partial charge in [-0.05, 0) is 56.4 Å². The highest BCUT2D eigenvalue weighted by atomic mass is 16.5. The molecule has 30 heavy (non-hydrogen) atoms. The van der Waals surface area contributed by atoms with E-state index in [1.54, 1.807) is 4.90 Å². The number of nitrogens with one attached hydrogen (secondary N) is 1. The lowest BCUT2D eigenvalue weighted by atomic mass is 10.1. The number of benzene rings is 2. The first-order chi connectivity index (χ1) is 14.4. The predicted octanol–water partition coefficient (Wildman–Crippen LogP) is 4.40. The summed E-state index contributed by atoms with van der Waals surface area (Å²) in [7, 11) is 0. The Kier molecular flexibility index (Phi) is 8.90. The molecule has 162 valence electrons. The number of para-hydroxylation sites is 1. The first kappa shape index (κ1) is 23.5. The molecule has 5 nitrogen and oxygen atoms in total. The molecule has 2 rings (SSSR count). The highest BCUT2D eigenvalue weighted by Gasteiger charge is 2.29. The van der Waals surface area contributed by atoms with E-state index in [4.69, 9.17) is 4.74 Å². The third-order valence-electron chi connectivity index (χ3n) is 5.43. The van der Waals surface area contributed by atoms with Gasteiger partial charge in [-0.15, -0.1) is 0 Å². The zero-order chi connectivity index (χ0) is 22.1. The van der Waals surface area contributed by atoms with Crippen LogP contribution in [0.5, 0.6) is 5.75 Å². The number of amides is 2. The molecular weight excluding hydrogens is 376 g/mol. The number of hydrogen-bond donors (Lipinski definition) is 1. The molecule has 0 unspecified atom stereocenters. The minimum atomic E-state index is -0.549. The minimum Gasteiger partial charge on any atom is -0.484 e. The van der Waals surface area contributed by atoms with Crippen molar-refractivity contribution < 1.29 is 14.3 Å². The Morgan fingerprint density at radius 2 is 1.60 bits per heavy atom. The number of hydrogen-bond acceptors (Lipinski definition) is 3. The van der Waals surface area contributed by atoms with Crippen molar-refractivity contribution in [2.24, 2.45) is 0 Å². The second-order valence-corrected chi connectivity index (χ2v) is 7.74. The molecular formula is C25H34N2O3. The number of aryl methyl sites for hydroxylation is 2. The van der Waals surface area contributed by atoms with Crippen molar-refractivity contribution in [3.05, 3.63) is 65.2 Å². The summed E-state index contributed by atoms with van der Waals surface area (Å²) in [5.41, 5.74) is 3.08. The van der Waals surface area contributed by atoms with Gasteiger partial charge in [0.15, 0.2) is 6.61 Å². The lowest BCUT2D eigenvalue weighted by molar-refractivity contribution is -0.143. The standard InChI is InChI=1S/C25H34N2O3/c1-6-20(5)26-25(29)22(7-2)27(16-21-14-10-8-12-18(21)3)24(28)17-30-23-15-11-9-13-19(23)4/h8-15,20,22H,6-7,16-17H2,1-5H3,(H,26,29)/t20-,22-/m1/s1. The van der Waals surface area contributed by atoms with Crippen LogP contribution in [0, 0.1) is 13.8 Å². The average Bonchev–Trinajstić information content (AvgIpc) is 2.74. The number of rotatable bonds is 10. The Labute approximate surface area is 180 Å². The summed E-state index contributed by atoms with van der Waals surface area (Å²) in [6.07, 6.45) is 1.37. The van der Waals surface area contributed by atoms with Crippen molar-refractivity contribution in [1.29, 1.82) is 0 Å². The van der Waals surface area contributed by atoms with Crippen molar-refractivity contribution in [2.45, 2.75) is 66.1 Å². The van der Waals surface area contributed by atoms with E-state index in [9.17, 15) is 9.59 Å².